The first-order valence-electron chi connectivity index (χ1n) is 8.42. The number of methoxy groups -OCH3 is 1. The van der Waals surface area contributed by atoms with Crippen molar-refractivity contribution < 1.29 is 19.1 Å². The smallest absolute Gasteiger partial charge is 0.265 e. The van der Waals surface area contributed by atoms with Crippen LogP contribution < -0.4 is 20.1 Å². The maximum atomic E-state index is 12.5. The summed E-state index contributed by atoms with van der Waals surface area (Å²) in [5, 5.41) is 5.58. The van der Waals surface area contributed by atoms with Gasteiger partial charge >= 0.3 is 0 Å². The Morgan fingerprint density at radius 3 is 2.19 bits per heavy atom. The van der Waals surface area contributed by atoms with Crippen molar-refractivity contribution in [1.82, 2.24) is 5.32 Å². The lowest BCUT2D eigenvalue weighted by molar-refractivity contribution is -0.122. The zero-order chi connectivity index (χ0) is 19.1. The summed E-state index contributed by atoms with van der Waals surface area (Å²) in [7, 11) is 1.54. The van der Waals surface area contributed by atoms with Crippen LogP contribution in [0.25, 0.3) is 0 Å². The van der Waals surface area contributed by atoms with E-state index in [0.717, 1.165) is 0 Å². The molecule has 1 atom stereocenters. The summed E-state index contributed by atoms with van der Waals surface area (Å²) in [6, 6.07) is 14.0. The molecular weight excluding hydrogens is 332 g/mol. The van der Waals surface area contributed by atoms with E-state index in [1.807, 2.05) is 19.9 Å². The summed E-state index contributed by atoms with van der Waals surface area (Å²) in [6.45, 7) is 5.39. The minimum absolute atomic E-state index is 0.000870. The number of hydrogen-bond acceptors (Lipinski definition) is 4. The van der Waals surface area contributed by atoms with Gasteiger partial charge in [-0.15, -0.1) is 0 Å². The highest BCUT2D eigenvalue weighted by Crippen LogP contribution is 2.27. The number of ether oxygens (including phenoxy) is 2. The minimum Gasteiger partial charge on any atom is -0.493 e. The van der Waals surface area contributed by atoms with Crippen LogP contribution >= 0.6 is 0 Å². The van der Waals surface area contributed by atoms with Crippen molar-refractivity contribution in [2.75, 3.05) is 12.4 Å². The topological polar surface area (TPSA) is 76.7 Å². The average Bonchev–Trinajstić information content (AvgIpc) is 2.61. The van der Waals surface area contributed by atoms with Gasteiger partial charge in [-0.2, -0.15) is 0 Å². The monoisotopic (exact) mass is 356 g/mol. The van der Waals surface area contributed by atoms with Gasteiger partial charge in [0.1, 0.15) is 0 Å². The highest BCUT2D eigenvalue weighted by atomic mass is 16.5. The normalized spacial score (nSPS) is 11.6. The highest BCUT2D eigenvalue weighted by molar-refractivity contribution is 6.04. The maximum Gasteiger partial charge on any atom is 0.265 e. The first-order chi connectivity index (χ1) is 12.4. The van der Waals surface area contributed by atoms with Gasteiger partial charge < -0.3 is 20.1 Å². The standard InChI is InChI=1S/C20H24N2O4/c1-13(2)21-20(24)15-9-5-6-10-16(15)22-19(23)14(3)26-18-12-8-7-11-17(18)25-4/h5-14H,1-4H3,(H,21,24)(H,22,23)/t14-/m0/s1. The zero-order valence-electron chi connectivity index (χ0n) is 15.4. The summed E-state index contributed by atoms with van der Waals surface area (Å²) in [5.41, 5.74) is 0.838. The first-order valence-corrected chi connectivity index (χ1v) is 8.42. The van der Waals surface area contributed by atoms with E-state index in [0.29, 0.717) is 22.7 Å². The second-order valence-corrected chi connectivity index (χ2v) is 6.07. The van der Waals surface area contributed by atoms with Gasteiger partial charge in [0.25, 0.3) is 11.8 Å². The van der Waals surface area contributed by atoms with Crippen molar-refractivity contribution in [3.8, 4) is 11.5 Å². The van der Waals surface area contributed by atoms with Gasteiger partial charge in [-0.1, -0.05) is 24.3 Å². The van der Waals surface area contributed by atoms with Crippen LogP contribution in [0.1, 0.15) is 31.1 Å². The molecule has 0 bridgehead atoms. The highest BCUT2D eigenvalue weighted by Gasteiger charge is 2.19. The van der Waals surface area contributed by atoms with E-state index in [-0.39, 0.29) is 17.9 Å². The molecular formula is C20H24N2O4. The molecule has 0 aliphatic heterocycles. The van der Waals surface area contributed by atoms with E-state index in [1.54, 1.807) is 49.4 Å². The number of amides is 2. The molecule has 0 saturated heterocycles. The molecule has 6 nitrogen and oxygen atoms in total. The lowest BCUT2D eigenvalue weighted by Crippen LogP contribution is -2.33. The molecule has 138 valence electrons. The van der Waals surface area contributed by atoms with E-state index in [4.69, 9.17) is 9.47 Å². The summed E-state index contributed by atoms with van der Waals surface area (Å²) in [5.74, 6) is 0.419. The summed E-state index contributed by atoms with van der Waals surface area (Å²) in [6.07, 6.45) is -0.771. The summed E-state index contributed by atoms with van der Waals surface area (Å²) >= 11 is 0. The molecule has 2 rings (SSSR count). The van der Waals surface area contributed by atoms with Gasteiger partial charge in [-0.05, 0) is 45.0 Å². The number of para-hydroxylation sites is 3. The van der Waals surface area contributed by atoms with E-state index < -0.39 is 6.10 Å². The molecule has 0 heterocycles. The molecule has 2 aromatic rings. The van der Waals surface area contributed by atoms with Crippen molar-refractivity contribution in [2.24, 2.45) is 0 Å². The Kier molecular flexibility index (Phi) is 6.60. The van der Waals surface area contributed by atoms with Crippen molar-refractivity contribution in [3.63, 3.8) is 0 Å². The maximum absolute atomic E-state index is 12.5. The van der Waals surface area contributed by atoms with Crippen LogP contribution in [-0.2, 0) is 4.79 Å². The molecule has 0 unspecified atom stereocenters. The molecule has 0 aliphatic carbocycles. The summed E-state index contributed by atoms with van der Waals surface area (Å²) < 4.78 is 10.9. The van der Waals surface area contributed by atoms with Crippen molar-refractivity contribution in [1.29, 1.82) is 0 Å². The fourth-order valence-electron chi connectivity index (χ4n) is 2.32. The van der Waals surface area contributed by atoms with Crippen LogP contribution in [0, 0.1) is 0 Å². The summed E-state index contributed by atoms with van der Waals surface area (Å²) in [4.78, 5) is 24.8. The molecule has 26 heavy (non-hydrogen) atoms. The van der Waals surface area contributed by atoms with Crippen molar-refractivity contribution in [3.05, 3.63) is 54.1 Å². The molecule has 2 aromatic carbocycles. The molecule has 0 aliphatic rings. The molecule has 0 radical (unpaired) electrons. The van der Waals surface area contributed by atoms with E-state index >= 15 is 0 Å². The average molecular weight is 356 g/mol. The quantitative estimate of drug-likeness (QED) is 0.798. The molecule has 0 saturated carbocycles. The lowest BCUT2D eigenvalue weighted by atomic mass is 10.1. The Morgan fingerprint density at radius 2 is 1.54 bits per heavy atom. The number of benzene rings is 2. The Balaban J connectivity index is 2.11. The number of nitrogens with one attached hydrogen (secondary N) is 2. The van der Waals surface area contributed by atoms with Gasteiger partial charge in [0.2, 0.25) is 0 Å². The van der Waals surface area contributed by atoms with Gasteiger partial charge in [-0.25, -0.2) is 0 Å². The fraction of sp³-hybridized carbons (Fsp3) is 0.300. The zero-order valence-corrected chi connectivity index (χ0v) is 15.4. The number of hydrogen-bond donors (Lipinski definition) is 2. The number of rotatable bonds is 7. The Labute approximate surface area is 153 Å². The first kappa shape index (κ1) is 19.3. The largest absolute Gasteiger partial charge is 0.493 e. The van der Waals surface area contributed by atoms with Gasteiger partial charge in [-0.3, -0.25) is 9.59 Å². The van der Waals surface area contributed by atoms with Crippen LogP contribution in [0.15, 0.2) is 48.5 Å². The van der Waals surface area contributed by atoms with Crippen LogP contribution in [-0.4, -0.2) is 31.1 Å². The predicted molar refractivity (Wildman–Crippen MR) is 101 cm³/mol. The molecule has 0 spiro atoms. The third-order valence-corrected chi connectivity index (χ3v) is 3.59. The van der Waals surface area contributed by atoms with Crippen LogP contribution in [0.5, 0.6) is 11.5 Å². The number of anilines is 1. The van der Waals surface area contributed by atoms with Crippen LogP contribution in [0.4, 0.5) is 5.69 Å². The molecule has 2 amide bonds. The van der Waals surface area contributed by atoms with E-state index in [2.05, 4.69) is 10.6 Å². The van der Waals surface area contributed by atoms with Crippen LogP contribution in [0.2, 0.25) is 0 Å². The van der Waals surface area contributed by atoms with Gasteiger partial charge in [0.05, 0.1) is 18.4 Å². The third-order valence-electron chi connectivity index (χ3n) is 3.59. The minimum atomic E-state index is -0.771. The second-order valence-electron chi connectivity index (χ2n) is 6.07. The Hall–Kier alpha value is -3.02. The SMILES string of the molecule is COc1ccccc1O[C@@H](C)C(=O)Nc1ccccc1C(=O)NC(C)C. The van der Waals surface area contributed by atoms with Crippen molar-refractivity contribution >= 4 is 17.5 Å². The van der Waals surface area contributed by atoms with Crippen molar-refractivity contribution in [2.45, 2.75) is 32.9 Å². The van der Waals surface area contributed by atoms with E-state index in [9.17, 15) is 9.59 Å². The third kappa shape index (κ3) is 4.99. The van der Waals surface area contributed by atoms with E-state index in [1.165, 1.54) is 7.11 Å². The number of carbonyl (C=O) groups excluding carboxylic acids is 2. The molecule has 6 heteroatoms. The molecule has 2 N–H and O–H groups in total. The Bertz CT molecular complexity index is 774. The second kappa shape index (κ2) is 8.89. The lowest BCUT2D eigenvalue weighted by Gasteiger charge is -2.18. The molecule has 0 fully saturated rings. The Morgan fingerprint density at radius 1 is 0.923 bits per heavy atom. The molecule has 0 aromatic heterocycles. The fourth-order valence-corrected chi connectivity index (χ4v) is 2.32. The number of carbonyl (C=O) groups is 2. The van der Waals surface area contributed by atoms with Crippen LogP contribution in [0.3, 0.4) is 0 Å². The van der Waals surface area contributed by atoms with Gasteiger partial charge in [0.15, 0.2) is 17.6 Å². The van der Waals surface area contributed by atoms with Gasteiger partial charge in [0, 0.05) is 6.04 Å². The predicted octanol–water partition coefficient (Wildman–Crippen LogP) is 3.24.